The lowest BCUT2D eigenvalue weighted by molar-refractivity contribution is -0.117. The first-order valence-electron chi connectivity index (χ1n) is 8.06. The second kappa shape index (κ2) is 8.07. The predicted octanol–water partition coefficient (Wildman–Crippen LogP) is 2.62. The summed E-state index contributed by atoms with van der Waals surface area (Å²) in [4.78, 5) is 26.3. The van der Waals surface area contributed by atoms with Gasteiger partial charge in [-0.25, -0.2) is 13.1 Å². The summed E-state index contributed by atoms with van der Waals surface area (Å²) in [6.45, 7) is 5.41. The van der Waals surface area contributed by atoms with E-state index in [4.69, 9.17) is 0 Å². The first kappa shape index (κ1) is 19.6. The van der Waals surface area contributed by atoms with Gasteiger partial charge in [-0.3, -0.25) is 4.79 Å². The molecule has 0 amide bonds. The van der Waals surface area contributed by atoms with Gasteiger partial charge in [-0.05, 0) is 44.9 Å². The van der Waals surface area contributed by atoms with E-state index in [1.54, 1.807) is 19.1 Å². The number of ketones is 1. The molecule has 0 unspecified atom stereocenters. The highest BCUT2D eigenvalue weighted by atomic mass is 32.2. The van der Waals surface area contributed by atoms with Crippen molar-refractivity contribution in [1.29, 1.82) is 0 Å². The van der Waals surface area contributed by atoms with Crippen molar-refractivity contribution in [3.63, 3.8) is 0 Å². The molecule has 0 spiro atoms. The SMILES string of the molecule is CCc1cc(-c2ccc(S(=O)(=O)NCCCC(C)=O)s2)c(C)[nH]c1=O. The lowest BCUT2D eigenvalue weighted by atomic mass is 10.1. The van der Waals surface area contributed by atoms with Crippen molar-refractivity contribution >= 4 is 27.1 Å². The molecule has 2 heterocycles. The van der Waals surface area contributed by atoms with Crippen LogP contribution in [0.5, 0.6) is 0 Å². The zero-order valence-electron chi connectivity index (χ0n) is 14.5. The van der Waals surface area contributed by atoms with Gasteiger partial charge in [-0.2, -0.15) is 0 Å². The average Bonchev–Trinajstić information content (AvgIpc) is 3.02. The standard InChI is InChI=1S/C17H22N2O4S2/c1-4-13-10-14(12(3)19-17(13)21)15-7-8-16(24-15)25(22,23)18-9-5-6-11(2)20/h7-8,10,18H,4-6,9H2,1-3H3,(H,19,21). The average molecular weight is 383 g/mol. The largest absolute Gasteiger partial charge is 0.326 e. The number of hydrogen-bond donors (Lipinski definition) is 2. The molecule has 0 aromatic carbocycles. The van der Waals surface area contributed by atoms with E-state index in [1.165, 1.54) is 6.92 Å². The Labute approximate surface area is 151 Å². The molecule has 0 aliphatic carbocycles. The van der Waals surface area contributed by atoms with Crippen LogP contribution in [-0.2, 0) is 21.2 Å². The van der Waals surface area contributed by atoms with E-state index in [0.717, 1.165) is 21.8 Å². The van der Waals surface area contributed by atoms with Crippen LogP contribution in [0.25, 0.3) is 10.4 Å². The quantitative estimate of drug-likeness (QED) is 0.686. The van der Waals surface area contributed by atoms with E-state index in [2.05, 4.69) is 9.71 Å². The summed E-state index contributed by atoms with van der Waals surface area (Å²) >= 11 is 1.16. The van der Waals surface area contributed by atoms with Crippen LogP contribution in [0.4, 0.5) is 0 Å². The summed E-state index contributed by atoms with van der Waals surface area (Å²) in [5.74, 6) is 0.0397. The highest BCUT2D eigenvalue weighted by Gasteiger charge is 2.18. The number of aromatic amines is 1. The summed E-state index contributed by atoms with van der Waals surface area (Å²) in [6, 6.07) is 5.12. The zero-order valence-corrected chi connectivity index (χ0v) is 16.1. The molecule has 0 aliphatic rings. The van der Waals surface area contributed by atoms with Crippen molar-refractivity contribution in [2.45, 2.75) is 44.2 Å². The summed E-state index contributed by atoms with van der Waals surface area (Å²) in [5.41, 5.74) is 2.10. The van der Waals surface area contributed by atoms with Crippen molar-refractivity contribution < 1.29 is 13.2 Å². The first-order valence-corrected chi connectivity index (χ1v) is 10.4. The predicted molar refractivity (Wildman–Crippen MR) is 99.6 cm³/mol. The topological polar surface area (TPSA) is 96.1 Å². The van der Waals surface area contributed by atoms with E-state index in [0.29, 0.717) is 30.5 Å². The van der Waals surface area contributed by atoms with Gasteiger partial charge >= 0.3 is 0 Å². The summed E-state index contributed by atoms with van der Waals surface area (Å²) in [6.07, 6.45) is 1.44. The van der Waals surface area contributed by atoms with Gasteiger partial charge in [0.05, 0.1) is 0 Å². The van der Waals surface area contributed by atoms with E-state index < -0.39 is 10.0 Å². The van der Waals surface area contributed by atoms with Crippen LogP contribution in [-0.4, -0.2) is 25.7 Å². The number of carbonyl (C=O) groups is 1. The molecule has 2 aromatic heterocycles. The van der Waals surface area contributed by atoms with Gasteiger partial charge in [0.25, 0.3) is 5.56 Å². The van der Waals surface area contributed by atoms with Gasteiger partial charge in [0.15, 0.2) is 0 Å². The molecule has 0 radical (unpaired) electrons. The van der Waals surface area contributed by atoms with Crippen LogP contribution in [0.3, 0.4) is 0 Å². The zero-order chi connectivity index (χ0) is 18.6. The number of hydrogen-bond acceptors (Lipinski definition) is 5. The van der Waals surface area contributed by atoms with Gasteiger partial charge in [0.1, 0.15) is 9.99 Å². The van der Waals surface area contributed by atoms with E-state index in [1.807, 2.05) is 13.0 Å². The maximum Gasteiger partial charge on any atom is 0.251 e. The van der Waals surface area contributed by atoms with Crippen LogP contribution < -0.4 is 10.3 Å². The molecule has 0 aliphatic heterocycles. The van der Waals surface area contributed by atoms with Crippen LogP contribution in [0.15, 0.2) is 27.2 Å². The number of aromatic nitrogens is 1. The Kier molecular flexibility index (Phi) is 6.31. The summed E-state index contributed by atoms with van der Waals surface area (Å²) in [5, 5.41) is 0. The van der Waals surface area contributed by atoms with Crippen molar-refractivity contribution in [2.75, 3.05) is 6.54 Å². The smallest absolute Gasteiger partial charge is 0.251 e. The van der Waals surface area contributed by atoms with Crippen molar-refractivity contribution in [1.82, 2.24) is 9.71 Å². The minimum atomic E-state index is -3.60. The molecule has 2 N–H and O–H groups in total. The lowest BCUT2D eigenvalue weighted by Crippen LogP contribution is -2.24. The van der Waals surface area contributed by atoms with E-state index in [-0.39, 0.29) is 22.1 Å². The highest BCUT2D eigenvalue weighted by Crippen LogP contribution is 2.32. The molecule has 2 rings (SSSR count). The second-order valence-electron chi connectivity index (χ2n) is 5.84. The molecule has 6 nitrogen and oxygen atoms in total. The number of rotatable bonds is 8. The number of H-pyrrole nitrogens is 1. The molecule has 0 atom stereocenters. The fraction of sp³-hybridized carbons (Fsp3) is 0.412. The Morgan fingerprint density at radius 3 is 2.68 bits per heavy atom. The van der Waals surface area contributed by atoms with Gasteiger partial charge < -0.3 is 9.78 Å². The normalized spacial score (nSPS) is 11.6. The summed E-state index contributed by atoms with van der Waals surface area (Å²) in [7, 11) is -3.60. The number of sulfonamides is 1. The molecular formula is C17H22N2O4S2. The Morgan fingerprint density at radius 1 is 1.32 bits per heavy atom. The Bertz CT molecular complexity index is 926. The van der Waals surface area contributed by atoms with Crippen LogP contribution in [0, 0.1) is 6.92 Å². The third kappa shape index (κ3) is 4.87. The Hall–Kier alpha value is -1.77. The molecule has 2 aromatic rings. The minimum Gasteiger partial charge on any atom is -0.326 e. The number of nitrogens with one attached hydrogen (secondary N) is 2. The Balaban J connectivity index is 2.22. The van der Waals surface area contributed by atoms with E-state index in [9.17, 15) is 18.0 Å². The van der Waals surface area contributed by atoms with Crippen molar-refractivity contribution in [3.8, 4) is 10.4 Å². The maximum atomic E-state index is 12.3. The number of pyridine rings is 1. The van der Waals surface area contributed by atoms with Crippen LogP contribution in [0.2, 0.25) is 0 Å². The first-order chi connectivity index (χ1) is 11.7. The third-order valence-corrected chi connectivity index (χ3v) is 6.88. The van der Waals surface area contributed by atoms with Gasteiger partial charge in [0.2, 0.25) is 10.0 Å². The fourth-order valence-electron chi connectivity index (χ4n) is 2.41. The van der Waals surface area contributed by atoms with Crippen LogP contribution in [0.1, 0.15) is 37.9 Å². The van der Waals surface area contributed by atoms with Gasteiger partial charge in [0, 0.05) is 34.7 Å². The van der Waals surface area contributed by atoms with Gasteiger partial charge in [-0.1, -0.05) is 6.92 Å². The fourth-order valence-corrected chi connectivity index (χ4v) is 4.91. The molecule has 0 bridgehead atoms. The third-order valence-electron chi connectivity index (χ3n) is 3.81. The van der Waals surface area contributed by atoms with E-state index >= 15 is 0 Å². The monoisotopic (exact) mass is 382 g/mol. The van der Waals surface area contributed by atoms with Crippen LogP contribution >= 0.6 is 11.3 Å². The number of carbonyl (C=O) groups excluding carboxylic acids is 1. The number of thiophene rings is 1. The molecule has 136 valence electrons. The van der Waals surface area contributed by atoms with Gasteiger partial charge in [-0.15, -0.1) is 11.3 Å². The minimum absolute atomic E-state index is 0.0397. The molecular weight excluding hydrogens is 360 g/mol. The summed E-state index contributed by atoms with van der Waals surface area (Å²) < 4.78 is 27.4. The Morgan fingerprint density at radius 2 is 2.04 bits per heavy atom. The molecule has 8 heteroatoms. The molecule has 0 saturated heterocycles. The molecule has 25 heavy (non-hydrogen) atoms. The van der Waals surface area contributed by atoms with Crippen molar-refractivity contribution in [2.24, 2.45) is 0 Å². The lowest BCUT2D eigenvalue weighted by Gasteiger charge is -2.06. The second-order valence-corrected chi connectivity index (χ2v) is 8.92. The molecule has 0 saturated carbocycles. The number of aryl methyl sites for hydroxylation is 2. The molecule has 0 fully saturated rings. The number of Topliss-reactive ketones (excluding diaryl/α,β-unsaturated/α-hetero) is 1. The highest BCUT2D eigenvalue weighted by molar-refractivity contribution is 7.91. The maximum absolute atomic E-state index is 12.3. The van der Waals surface area contributed by atoms with Crippen molar-refractivity contribution in [3.05, 3.63) is 39.8 Å².